The Hall–Kier alpha value is -1.98. The maximum atomic E-state index is 13.3. The minimum Gasteiger partial charge on any atom is -0.480 e. The topological polar surface area (TPSA) is 112 Å². The van der Waals surface area contributed by atoms with Gasteiger partial charge in [-0.2, -0.15) is 0 Å². The second-order valence-corrected chi connectivity index (χ2v) is 10.9. The van der Waals surface area contributed by atoms with Crippen LogP contribution in [0.1, 0.15) is 63.9 Å². The zero-order chi connectivity index (χ0) is 22.9. The van der Waals surface area contributed by atoms with Gasteiger partial charge in [0.1, 0.15) is 18.0 Å². The molecule has 2 unspecified atom stereocenters. The van der Waals surface area contributed by atoms with Gasteiger partial charge in [-0.15, -0.1) is 0 Å². The lowest BCUT2D eigenvalue weighted by atomic mass is 10.0. The van der Waals surface area contributed by atoms with E-state index in [9.17, 15) is 28.9 Å². The highest BCUT2D eigenvalue weighted by Crippen LogP contribution is 2.50. The summed E-state index contributed by atoms with van der Waals surface area (Å²) in [5.41, 5.74) is 0.194. The maximum Gasteiger partial charge on any atom is 0.326 e. The van der Waals surface area contributed by atoms with E-state index >= 15 is 0 Å². The number of unbranched alkanes of at least 4 members (excludes halogenated alkanes) is 2. The Bertz CT molecular complexity index is 797. The van der Waals surface area contributed by atoms with Gasteiger partial charge >= 0.3 is 5.97 Å². The van der Waals surface area contributed by atoms with Crippen molar-refractivity contribution in [2.75, 3.05) is 12.7 Å². The van der Waals surface area contributed by atoms with Gasteiger partial charge in [0.05, 0.1) is 0 Å². The van der Waals surface area contributed by atoms with E-state index in [1.165, 1.54) is 4.90 Å². The number of carboxylic acids is 1. The van der Waals surface area contributed by atoms with Crippen LogP contribution in [0.15, 0.2) is 30.3 Å². The highest BCUT2D eigenvalue weighted by atomic mass is 31.2. The molecule has 0 radical (unpaired) electrons. The van der Waals surface area contributed by atoms with Gasteiger partial charge < -0.3 is 14.9 Å². The number of hydrogen-bond donors (Lipinski definition) is 2. The number of rotatable bonds is 13. The third kappa shape index (κ3) is 7.89. The molecule has 0 aromatic heterocycles. The summed E-state index contributed by atoms with van der Waals surface area (Å²) < 4.78 is 13.3. The summed E-state index contributed by atoms with van der Waals surface area (Å²) >= 11 is 0. The first-order chi connectivity index (χ1) is 14.7. The zero-order valence-corrected chi connectivity index (χ0v) is 19.1. The smallest absolute Gasteiger partial charge is 0.326 e. The van der Waals surface area contributed by atoms with Gasteiger partial charge in [0, 0.05) is 25.0 Å². The second-order valence-electron chi connectivity index (χ2n) is 8.38. The third-order valence-corrected chi connectivity index (χ3v) is 8.23. The van der Waals surface area contributed by atoms with Gasteiger partial charge in [-0.05, 0) is 37.7 Å². The first-order valence-electron chi connectivity index (χ1n) is 11.1. The largest absolute Gasteiger partial charge is 0.480 e. The van der Waals surface area contributed by atoms with Gasteiger partial charge in [0.15, 0.2) is 0 Å². The molecule has 1 saturated heterocycles. The van der Waals surface area contributed by atoms with Gasteiger partial charge in [-0.1, -0.05) is 50.1 Å². The lowest BCUT2D eigenvalue weighted by Gasteiger charge is -2.26. The number of amides is 1. The number of likely N-dealkylation sites (tertiary alicyclic amines) is 1. The zero-order valence-electron chi connectivity index (χ0n) is 18.2. The van der Waals surface area contributed by atoms with Crippen LogP contribution in [-0.4, -0.2) is 57.0 Å². The van der Waals surface area contributed by atoms with Crippen LogP contribution in [0.4, 0.5) is 0 Å². The van der Waals surface area contributed by atoms with Gasteiger partial charge in [0.2, 0.25) is 13.3 Å². The standard InChI is InChI=1S/C23H34NO6P/c1-2-3-5-11-19(25)16-20(14-13-18-9-6-4-7-10-18)31(29,30)17-22(26)24-15-8-12-21(24)23(27)28/h4,6-7,9-10,20-21H,2-3,5,8,11-17H2,1H3,(H,27,28)(H,29,30)/t20?,21-/m0/s1. The van der Waals surface area contributed by atoms with E-state index in [1.807, 2.05) is 37.3 Å². The molecule has 1 heterocycles. The van der Waals surface area contributed by atoms with Crippen molar-refractivity contribution in [2.45, 2.75) is 76.4 Å². The fourth-order valence-electron chi connectivity index (χ4n) is 4.10. The Morgan fingerprint density at radius 2 is 1.90 bits per heavy atom. The normalized spacial score (nSPS) is 19.0. The van der Waals surface area contributed by atoms with Crippen molar-refractivity contribution in [2.24, 2.45) is 0 Å². The van der Waals surface area contributed by atoms with Gasteiger partial charge in [-0.25, -0.2) is 4.79 Å². The predicted octanol–water partition coefficient (Wildman–Crippen LogP) is 3.87. The first kappa shape index (κ1) is 25.3. The fourth-order valence-corrected chi connectivity index (χ4v) is 5.95. The summed E-state index contributed by atoms with van der Waals surface area (Å²) in [5, 5.41) is 9.30. The van der Waals surface area contributed by atoms with Crippen molar-refractivity contribution in [1.82, 2.24) is 4.90 Å². The molecule has 1 aliphatic heterocycles. The monoisotopic (exact) mass is 451 g/mol. The van der Waals surface area contributed by atoms with E-state index < -0.39 is 37.1 Å². The molecule has 1 aromatic rings. The van der Waals surface area contributed by atoms with Crippen molar-refractivity contribution in [3.05, 3.63) is 35.9 Å². The number of Topliss-reactive ketones (excluding diaryl/α,β-unsaturated/α-hetero) is 1. The Balaban J connectivity index is 2.09. The Morgan fingerprint density at radius 1 is 1.19 bits per heavy atom. The second kappa shape index (κ2) is 12.2. The average Bonchev–Trinajstić information content (AvgIpc) is 3.22. The molecule has 172 valence electrons. The highest BCUT2D eigenvalue weighted by molar-refractivity contribution is 7.59. The molecule has 3 atom stereocenters. The van der Waals surface area contributed by atoms with Crippen LogP contribution < -0.4 is 0 Å². The Morgan fingerprint density at radius 3 is 2.55 bits per heavy atom. The predicted molar refractivity (Wildman–Crippen MR) is 119 cm³/mol. The molecule has 0 aliphatic carbocycles. The Kier molecular flexibility index (Phi) is 9.92. The molecule has 0 spiro atoms. The number of carbonyl (C=O) groups is 3. The lowest BCUT2D eigenvalue weighted by molar-refractivity contribution is -0.147. The van der Waals surface area contributed by atoms with Gasteiger partial charge in [-0.3, -0.25) is 14.2 Å². The molecule has 8 heteroatoms. The van der Waals surface area contributed by atoms with E-state index in [4.69, 9.17) is 0 Å². The van der Waals surface area contributed by atoms with Crippen molar-refractivity contribution < 1.29 is 28.9 Å². The molecule has 1 fully saturated rings. The van der Waals surface area contributed by atoms with E-state index in [1.54, 1.807) is 0 Å². The number of nitrogens with zero attached hydrogens (tertiary/aromatic N) is 1. The third-order valence-electron chi connectivity index (χ3n) is 5.92. The van der Waals surface area contributed by atoms with Crippen molar-refractivity contribution in [3.63, 3.8) is 0 Å². The number of benzene rings is 1. The van der Waals surface area contributed by atoms with Crippen LogP contribution in [0.25, 0.3) is 0 Å². The fraction of sp³-hybridized carbons (Fsp3) is 0.609. The molecule has 1 aromatic carbocycles. The lowest BCUT2D eigenvalue weighted by Crippen LogP contribution is -2.42. The number of carboxylic acid groups (broad SMARTS) is 1. The molecule has 1 amide bonds. The quantitative estimate of drug-likeness (QED) is 0.348. The van der Waals surface area contributed by atoms with Gasteiger partial charge in [0.25, 0.3) is 0 Å². The van der Waals surface area contributed by atoms with Crippen LogP contribution in [-0.2, 0) is 25.4 Å². The maximum absolute atomic E-state index is 13.3. The molecule has 7 nitrogen and oxygen atoms in total. The summed E-state index contributed by atoms with van der Waals surface area (Å²) in [6.45, 7) is 2.32. The summed E-state index contributed by atoms with van der Waals surface area (Å²) in [5.74, 6) is -1.76. The Labute approximate surface area is 184 Å². The molecule has 0 bridgehead atoms. The summed E-state index contributed by atoms with van der Waals surface area (Å²) in [7, 11) is -4.00. The van der Waals surface area contributed by atoms with Crippen LogP contribution in [0, 0.1) is 0 Å². The molecule has 0 saturated carbocycles. The number of aryl methyl sites for hydroxylation is 1. The molecule has 2 N–H and O–H groups in total. The molecule has 1 aliphatic rings. The minimum atomic E-state index is -4.00. The molecule has 2 rings (SSSR count). The SMILES string of the molecule is CCCCCC(=O)CC(CCc1ccccc1)P(=O)(O)CC(=O)N1CCC[C@H]1C(=O)O. The molecular weight excluding hydrogens is 417 g/mol. The minimum absolute atomic E-state index is 0.0278. The van der Waals surface area contributed by atoms with Crippen LogP contribution in [0.3, 0.4) is 0 Å². The van der Waals surface area contributed by atoms with Crippen LogP contribution >= 0.6 is 7.37 Å². The van der Waals surface area contributed by atoms with E-state index in [0.29, 0.717) is 32.1 Å². The number of aliphatic carboxylic acids is 1. The van der Waals surface area contributed by atoms with Crippen molar-refractivity contribution >= 4 is 25.0 Å². The average molecular weight is 452 g/mol. The molecular formula is C23H34NO6P. The van der Waals surface area contributed by atoms with Crippen molar-refractivity contribution in [3.8, 4) is 0 Å². The number of hydrogen-bond acceptors (Lipinski definition) is 4. The molecule has 31 heavy (non-hydrogen) atoms. The van der Waals surface area contributed by atoms with Crippen molar-refractivity contribution in [1.29, 1.82) is 0 Å². The highest BCUT2D eigenvalue weighted by Gasteiger charge is 2.40. The summed E-state index contributed by atoms with van der Waals surface area (Å²) in [6.07, 6.45) is 4.18. The van der Waals surface area contributed by atoms with E-state index in [-0.39, 0.29) is 18.7 Å². The number of carbonyl (C=O) groups excluding carboxylic acids is 2. The van der Waals surface area contributed by atoms with Crippen LogP contribution in [0.2, 0.25) is 0 Å². The first-order valence-corrected chi connectivity index (χ1v) is 13.1. The summed E-state index contributed by atoms with van der Waals surface area (Å²) in [4.78, 5) is 48.6. The van der Waals surface area contributed by atoms with E-state index in [0.717, 1.165) is 24.8 Å². The van der Waals surface area contributed by atoms with Crippen LogP contribution in [0.5, 0.6) is 0 Å². The number of ketones is 1. The van der Waals surface area contributed by atoms with E-state index in [2.05, 4.69) is 0 Å². The summed E-state index contributed by atoms with van der Waals surface area (Å²) in [6, 6.07) is 8.59.